The van der Waals surface area contributed by atoms with Gasteiger partial charge < -0.3 is 5.32 Å². The average Bonchev–Trinajstić information content (AvgIpc) is 3.05. The zero-order chi connectivity index (χ0) is 18.5. The molecule has 0 saturated heterocycles. The van der Waals surface area contributed by atoms with E-state index in [9.17, 15) is 4.79 Å². The second-order valence-electron chi connectivity index (χ2n) is 5.89. The van der Waals surface area contributed by atoms with Gasteiger partial charge in [-0.1, -0.05) is 47.1 Å². The molecule has 0 saturated carbocycles. The van der Waals surface area contributed by atoms with E-state index >= 15 is 0 Å². The minimum Gasteiger partial charge on any atom is -0.323 e. The number of hydrogen-bond donors (Lipinski definition) is 1. The smallest absolute Gasteiger partial charge is 0.230 e. The number of carbonyl (C=O) groups is 1. The normalized spacial score (nSPS) is 10.7. The number of carbonyl (C=O) groups excluding carboxylic acids is 1. The van der Waals surface area contributed by atoms with Gasteiger partial charge in [0, 0.05) is 17.3 Å². The van der Waals surface area contributed by atoms with Gasteiger partial charge in [-0.05, 0) is 37.1 Å². The van der Waals surface area contributed by atoms with Crippen molar-refractivity contribution < 1.29 is 4.79 Å². The highest BCUT2D eigenvalue weighted by molar-refractivity contribution is 8.00. The van der Waals surface area contributed by atoms with Gasteiger partial charge in [-0.25, -0.2) is 9.97 Å². The van der Waals surface area contributed by atoms with Crippen LogP contribution in [0.3, 0.4) is 0 Å². The number of thiazole rings is 1. The molecule has 2 aromatic heterocycles. The number of aryl methyl sites for hydroxylation is 2. The third-order valence-electron chi connectivity index (χ3n) is 3.76. The Morgan fingerprint density at radius 2 is 2.15 bits per heavy atom. The second-order valence-corrected chi connectivity index (χ2v) is 8.33. The van der Waals surface area contributed by atoms with Crippen LogP contribution in [0, 0.1) is 13.8 Å². The van der Waals surface area contributed by atoms with E-state index in [-0.39, 0.29) is 17.5 Å². The number of anilines is 1. The van der Waals surface area contributed by atoms with Crippen molar-refractivity contribution in [1.29, 1.82) is 0 Å². The third kappa shape index (κ3) is 5.06. The quantitative estimate of drug-likeness (QED) is 0.449. The number of nitrogens with one attached hydrogen (secondary N) is 1. The standard InChI is InChI=1S/C19H18ClN3OS2/c1-12-5-6-13(2)14(8-12)10-25-19-22-15(11-26-19)9-17(24)23-16-4-3-7-21-18(16)20/h3-8,11H,9-10H2,1-2H3,(H,23,24). The largest absolute Gasteiger partial charge is 0.323 e. The van der Waals surface area contributed by atoms with Crippen molar-refractivity contribution in [2.75, 3.05) is 5.32 Å². The Hall–Kier alpha value is -1.89. The van der Waals surface area contributed by atoms with Crippen molar-refractivity contribution in [1.82, 2.24) is 9.97 Å². The SMILES string of the molecule is Cc1ccc(C)c(CSc2nc(CC(=O)Nc3cccnc3Cl)cs2)c1. The van der Waals surface area contributed by atoms with Crippen LogP contribution in [0.25, 0.3) is 0 Å². The molecule has 0 fully saturated rings. The lowest BCUT2D eigenvalue weighted by molar-refractivity contribution is -0.115. The highest BCUT2D eigenvalue weighted by atomic mass is 35.5. The molecular weight excluding hydrogens is 386 g/mol. The van der Waals surface area contributed by atoms with Crippen molar-refractivity contribution in [2.45, 2.75) is 30.4 Å². The Kier molecular flexibility index (Phi) is 6.29. The van der Waals surface area contributed by atoms with Gasteiger partial charge in [0.15, 0.2) is 5.15 Å². The van der Waals surface area contributed by atoms with Crippen LogP contribution in [0.5, 0.6) is 0 Å². The molecule has 0 aliphatic heterocycles. The number of thioether (sulfide) groups is 1. The van der Waals surface area contributed by atoms with Crippen molar-refractivity contribution in [2.24, 2.45) is 0 Å². The number of aromatic nitrogens is 2. The van der Waals surface area contributed by atoms with Crippen LogP contribution in [0.15, 0.2) is 46.2 Å². The van der Waals surface area contributed by atoms with Gasteiger partial charge >= 0.3 is 0 Å². The van der Waals surface area contributed by atoms with E-state index in [4.69, 9.17) is 11.6 Å². The molecule has 134 valence electrons. The van der Waals surface area contributed by atoms with Crippen LogP contribution in [-0.4, -0.2) is 15.9 Å². The van der Waals surface area contributed by atoms with E-state index < -0.39 is 0 Å². The number of rotatable bonds is 6. The first-order valence-electron chi connectivity index (χ1n) is 8.05. The summed E-state index contributed by atoms with van der Waals surface area (Å²) in [5, 5.41) is 4.97. The lowest BCUT2D eigenvalue weighted by atomic mass is 10.1. The van der Waals surface area contributed by atoms with Gasteiger partial charge in [-0.3, -0.25) is 4.79 Å². The van der Waals surface area contributed by atoms with Gasteiger partial charge in [0.1, 0.15) is 4.34 Å². The molecule has 3 rings (SSSR count). The first kappa shape index (κ1) is 18.9. The molecule has 1 N–H and O–H groups in total. The Morgan fingerprint density at radius 1 is 1.31 bits per heavy atom. The summed E-state index contributed by atoms with van der Waals surface area (Å²) in [5.41, 5.74) is 5.13. The van der Waals surface area contributed by atoms with Gasteiger partial charge in [-0.2, -0.15) is 0 Å². The number of benzene rings is 1. The fourth-order valence-corrected chi connectivity index (χ4v) is 4.44. The molecule has 0 bridgehead atoms. The summed E-state index contributed by atoms with van der Waals surface area (Å²) in [6, 6.07) is 9.93. The molecule has 0 aliphatic rings. The van der Waals surface area contributed by atoms with Crippen LogP contribution >= 0.6 is 34.7 Å². The fourth-order valence-electron chi connectivity index (χ4n) is 2.37. The van der Waals surface area contributed by atoms with E-state index in [2.05, 4.69) is 47.3 Å². The van der Waals surface area contributed by atoms with Crippen molar-refractivity contribution in [3.05, 3.63) is 69.4 Å². The van der Waals surface area contributed by atoms with E-state index in [1.807, 2.05) is 5.38 Å². The van der Waals surface area contributed by atoms with E-state index in [1.54, 1.807) is 41.4 Å². The Morgan fingerprint density at radius 3 is 2.96 bits per heavy atom. The minimum atomic E-state index is -0.156. The van der Waals surface area contributed by atoms with E-state index in [0.29, 0.717) is 5.69 Å². The molecule has 4 nitrogen and oxygen atoms in total. The summed E-state index contributed by atoms with van der Waals surface area (Å²) >= 11 is 9.22. The monoisotopic (exact) mass is 403 g/mol. The fraction of sp³-hybridized carbons (Fsp3) is 0.211. The van der Waals surface area contributed by atoms with Crippen LogP contribution in [0.4, 0.5) is 5.69 Å². The molecule has 0 atom stereocenters. The lowest BCUT2D eigenvalue weighted by Crippen LogP contribution is -2.15. The lowest BCUT2D eigenvalue weighted by Gasteiger charge is -2.05. The van der Waals surface area contributed by atoms with Crippen LogP contribution in [0.2, 0.25) is 5.15 Å². The Balaban J connectivity index is 1.57. The van der Waals surface area contributed by atoms with Crippen molar-refractivity contribution in [3.63, 3.8) is 0 Å². The molecule has 0 spiro atoms. The first-order valence-corrected chi connectivity index (χ1v) is 10.3. The molecule has 0 aliphatic carbocycles. The highest BCUT2D eigenvalue weighted by Gasteiger charge is 2.11. The molecule has 7 heteroatoms. The highest BCUT2D eigenvalue weighted by Crippen LogP contribution is 2.28. The predicted molar refractivity (Wildman–Crippen MR) is 109 cm³/mol. The molecule has 26 heavy (non-hydrogen) atoms. The summed E-state index contributed by atoms with van der Waals surface area (Å²) in [7, 11) is 0. The van der Waals surface area contributed by atoms with Crippen LogP contribution in [-0.2, 0) is 17.0 Å². The molecule has 1 aromatic carbocycles. The number of amides is 1. The topological polar surface area (TPSA) is 54.9 Å². The van der Waals surface area contributed by atoms with Crippen LogP contribution in [0.1, 0.15) is 22.4 Å². The molecule has 0 radical (unpaired) electrons. The number of pyridine rings is 1. The molecule has 1 amide bonds. The zero-order valence-electron chi connectivity index (χ0n) is 14.5. The zero-order valence-corrected chi connectivity index (χ0v) is 16.8. The Bertz CT molecular complexity index is 927. The summed E-state index contributed by atoms with van der Waals surface area (Å²) < 4.78 is 0.966. The van der Waals surface area contributed by atoms with Gasteiger partial charge in [0.25, 0.3) is 0 Å². The summed E-state index contributed by atoms with van der Waals surface area (Å²) in [4.78, 5) is 20.7. The van der Waals surface area contributed by atoms with Crippen molar-refractivity contribution in [3.8, 4) is 0 Å². The van der Waals surface area contributed by atoms with Gasteiger partial charge in [-0.15, -0.1) is 11.3 Å². The Labute approximate surface area is 166 Å². The van der Waals surface area contributed by atoms with Crippen LogP contribution < -0.4 is 5.32 Å². The average molecular weight is 404 g/mol. The number of hydrogen-bond acceptors (Lipinski definition) is 5. The van der Waals surface area contributed by atoms with Gasteiger partial charge in [0.2, 0.25) is 5.91 Å². The molecule has 3 aromatic rings. The minimum absolute atomic E-state index is 0.156. The number of halogens is 1. The summed E-state index contributed by atoms with van der Waals surface area (Å²) in [6.45, 7) is 4.22. The summed E-state index contributed by atoms with van der Waals surface area (Å²) in [5.74, 6) is 0.717. The maximum Gasteiger partial charge on any atom is 0.230 e. The third-order valence-corrected chi connectivity index (χ3v) is 6.18. The maximum absolute atomic E-state index is 12.2. The van der Waals surface area contributed by atoms with Gasteiger partial charge in [0.05, 0.1) is 17.8 Å². The predicted octanol–water partition coefficient (Wildman–Crippen LogP) is 5.28. The van der Waals surface area contributed by atoms with E-state index in [0.717, 1.165) is 15.8 Å². The van der Waals surface area contributed by atoms with Crippen molar-refractivity contribution >= 4 is 46.3 Å². The maximum atomic E-state index is 12.2. The molecule has 0 unspecified atom stereocenters. The van der Waals surface area contributed by atoms with E-state index in [1.165, 1.54) is 16.7 Å². The summed E-state index contributed by atoms with van der Waals surface area (Å²) in [6.07, 6.45) is 1.80. The second kappa shape index (κ2) is 8.66. The molecule has 2 heterocycles. The molecular formula is C19H18ClN3OS2. The number of nitrogens with zero attached hydrogens (tertiary/aromatic N) is 2. The first-order chi connectivity index (χ1) is 12.5.